The second kappa shape index (κ2) is 5.94. The van der Waals surface area contributed by atoms with Crippen molar-refractivity contribution in [1.82, 2.24) is 0 Å². The molecule has 2 atom stereocenters. The molecule has 0 saturated carbocycles. The average molecular weight is 168 g/mol. The molecular weight excluding hydrogens is 156 g/mol. The molecule has 0 radical (unpaired) electrons. The molecule has 0 aliphatic rings. The quantitative estimate of drug-likeness (QED) is 0.418. The van der Waals surface area contributed by atoms with Gasteiger partial charge in [0.2, 0.25) is 0 Å². The molecule has 0 fully saturated rings. The molecular formula is C5H12O4S. The zero-order valence-electron chi connectivity index (χ0n) is 5.56. The third kappa shape index (κ3) is 5.01. The molecule has 0 aromatic rings. The van der Waals surface area contributed by atoms with Gasteiger partial charge in [-0.2, -0.15) is 0 Å². The van der Waals surface area contributed by atoms with E-state index in [9.17, 15) is 4.55 Å². The molecule has 2 unspecified atom stereocenters. The van der Waals surface area contributed by atoms with E-state index >= 15 is 0 Å². The van der Waals surface area contributed by atoms with Gasteiger partial charge < -0.3 is 19.9 Å². The summed E-state index contributed by atoms with van der Waals surface area (Å²) in [5, 5.41) is 25.3. The van der Waals surface area contributed by atoms with Crippen LogP contribution >= 0.6 is 0 Å². The number of rotatable bonds is 5. The molecule has 62 valence electrons. The van der Waals surface area contributed by atoms with Crippen LogP contribution in [0.5, 0.6) is 0 Å². The summed E-state index contributed by atoms with van der Waals surface area (Å²) in [6.45, 7) is -0.526. The van der Waals surface area contributed by atoms with Crippen LogP contribution in [-0.4, -0.2) is 50.7 Å². The SMILES string of the molecule is [O-][S+](CCO)CC(O)CO. The minimum Gasteiger partial charge on any atom is -0.616 e. The molecule has 0 bridgehead atoms. The highest BCUT2D eigenvalue weighted by Gasteiger charge is 2.11. The highest BCUT2D eigenvalue weighted by Crippen LogP contribution is 1.93. The summed E-state index contributed by atoms with van der Waals surface area (Å²) >= 11 is -1.21. The maximum Gasteiger partial charge on any atom is 0.133 e. The van der Waals surface area contributed by atoms with Gasteiger partial charge in [0.05, 0.1) is 13.2 Å². The van der Waals surface area contributed by atoms with Crippen LogP contribution < -0.4 is 0 Å². The second-order valence-corrected chi connectivity index (χ2v) is 3.49. The Morgan fingerprint density at radius 2 is 2.00 bits per heavy atom. The summed E-state index contributed by atoms with van der Waals surface area (Å²) in [4.78, 5) is 0. The first-order chi connectivity index (χ1) is 4.70. The van der Waals surface area contributed by atoms with E-state index in [1.165, 1.54) is 0 Å². The molecule has 10 heavy (non-hydrogen) atoms. The van der Waals surface area contributed by atoms with Crippen LogP contribution in [0.25, 0.3) is 0 Å². The van der Waals surface area contributed by atoms with E-state index in [4.69, 9.17) is 15.3 Å². The molecule has 3 N–H and O–H groups in total. The molecule has 0 saturated heterocycles. The highest BCUT2D eigenvalue weighted by molar-refractivity contribution is 7.91. The van der Waals surface area contributed by atoms with E-state index in [1.54, 1.807) is 0 Å². The fraction of sp³-hybridized carbons (Fsp3) is 1.00. The van der Waals surface area contributed by atoms with Crippen LogP contribution in [0.1, 0.15) is 0 Å². The van der Waals surface area contributed by atoms with E-state index in [1.807, 2.05) is 0 Å². The van der Waals surface area contributed by atoms with Crippen LogP contribution in [0.3, 0.4) is 0 Å². The van der Waals surface area contributed by atoms with Gasteiger partial charge in [-0.05, 0) is 11.2 Å². The predicted octanol–water partition coefficient (Wildman–Crippen LogP) is -1.92. The van der Waals surface area contributed by atoms with E-state index in [-0.39, 0.29) is 24.7 Å². The van der Waals surface area contributed by atoms with Crippen molar-refractivity contribution in [1.29, 1.82) is 0 Å². The predicted molar refractivity (Wildman–Crippen MR) is 38.1 cm³/mol. The molecule has 0 amide bonds. The lowest BCUT2D eigenvalue weighted by molar-refractivity contribution is 0.112. The molecule has 0 aromatic heterocycles. The minimum absolute atomic E-state index is 0.0388. The van der Waals surface area contributed by atoms with Gasteiger partial charge in [-0.25, -0.2) is 0 Å². The molecule has 0 aliphatic heterocycles. The van der Waals surface area contributed by atoms with Crippen molar-refractivity contribution < 1.29 is 19.9 Å². The zero-order chi connectivity index (χ0) is 7.98. The normalized spacial score (nSPS) is 16.8. The van der Waals surface area contributed by atoms with Gasteiger partial charge in [-0.3, -0.25) is 0 Å². The zero-order valence-corrected chi connectivity index (χ0v) is 6.38. The third-order valence-corrected chi connectivity index (χ3v) is 2.30. The average Bonchev–Trinajstić information content (AvgIpc) is 1.88. The smallest absolute Gasteiger partial charge is 0.133 e. The monoisotopic (exact) mass is 168 g/mol. The first kappa shape index (κ1) is 10.2. The topological polar surface area (TPSA) is 83.8 Å². The van der Waals surface area contributed by atoms with Crippen molar-refractivity contribution >= 4 is 11.2 Å². The van der Waals surface area contributed by atoms with Gasteiger partial charge in [0, 0.05) is 0 Å². The van der Waals surface area contributed by atoms with Gasteiger partial charge >= 0.3 is 0 Å². The lowest BCUT2D eigenvalue weighted by Gasteiger charge is -2.11. The van der Waals surface area contributed by atoms with Gasteiger partial charge in [0.1, 0.15) is 17.6 Å². The van der Waals surface area contributed by atoms with Crippen LogP contribution in [0, 0.1) is 0 Å². The standard InChI is InChI=1S/C5H12O4S/c6-1-2-10(9)4-5(8)3-7/h5-8H,1-4H2. The van der Waals surface area contributed by atoms with Crippen molar-refractivity contribution in [2.45, 2.75) is 6.10 Å². The first-order valence-corrected chi connectivity index (χ1v) is 4.44. The van der Waals surface area contributed by atoms with Gasteiger partial charge in [-0.1, -0.05) is 0 Å². The van der Waals surface area contributed by atoms with Crippen molar-refractivity contribution in [3.63, 3.8) is 0 Å². The Bertz CT molecular complexity index is 80.0. The van der Waals surface area contributed by atoms with Crippen molar-refractivity contribution in [2.75, 3.05) is 24.7 Å². The third-order valence-electron chi connectivity index (χ3n) is 0.908. The second-order valence-electron chi connectivity index (χ2n) is 1.87. The van der Waals surface area contributed by atoms with Crippen LogP contribution in [0.2, 0.25) is 0 Å². The van der Waals surface area contributed by atoms with Gasteiger partial charge in [-0.15, -0.1) is 0 Å². The highest BCUT2D eigenvalue weighted by atomic mass is 32.2. The van der Waals surface area contributed by atoms with Gasteiger partial charge in [0.15, 0.2) is 0 Å². The van der Waals surface area contributed by atoms with E-state index in [0.717, 1.165) is 0 Å². The Balaban J connectivity index is 3.27. The molecule has 0 spiro atoms. The Hall–Kier alpha value is 0.190. The maximum atomic E-state index is 10.7. The van der Waals surface area contributed by atoms with E-state index < -0.39 is 17.3 Å². The van der Waals surface area contributed by atoms with E-state index in [2.05, 4.69) is 0 Å². The lowest BCUT2D eigenvalue weighted by atomic mass is 10.4. The largest absolute Gasteiger partial charge is 0.616 e. The Morgan fingerprint density at radius 3 is 2.40 bits per heavy atom. The molecule has 0 rings (SSSR count). The first-order valence-electron chi connectivity index (χ1n) is 2.95. The van der Waals surface area contributed by atoms with Crippen molar-refractivity contribution in [3.05, 3.63) is 0 Å². The molecule has 5 heteroatoms. The fourth-order valence-corrected chi connectivity index (χ4v) is 1.36. The number of aliphatic hydroxyl groups excluding tert-OH is 3. The van der Waals surface area contributed by atoms with Gasteiger partial charge in [0.25, 0.3) is 0 Å². The molecule has 0 heterocycles. The summed E-state index contributed by atoms with van der Waals surface area (Å²) in [6, 6.07) is 0. The molecule has 0 aliphatic carbocycles. The Morgan fingerprint density at radius 1 is 1.40 bits per heavy atom. The van der Waals surface area contributed by atoms with Crippen LogP contribution in [0.4, 0.5) is 0 Å². The van der Waals surface area contributed by atoms with Crippen molar-refractivity contribution in [2.24, 2.45) is 0 Å². The minimum atomic E-state index is -1.21. The molecule has 0 aromatic carbocycles. The summed E-state index contributed by atoms with van der Waals surface area (Å²) in [5.74, 6) is 0.203. The summed E-state index contributed by atoms with van der Waals surface area (Å²) < 4.78 is 10.7. The summed E-state index contributed by atoms with van der Waals surface area (Å²) in [6.07, 6.45) is -0.924. The summed E-state index contributed by atoms with van der Waals surface area (Å²) in [5.41, 5.74) is 0. The molecule has 4 nitrogen and oxygen atoms in total. The maximum absolute atomic E-state index is 10.7. The fourth-order valence-electron chi connectivity index (χ4n) is 0.452. The Labute approximate surface area is 62.7 Å². The number of hydrogen-bond acceptors (Lipinski definition) is 4. The lowest BCUT2D eigenvalue weighted by Crippen LogP contribution is -2.26. The number of hydrogen-bond donors (Lipinski definition) is 3. The van der Waals surface area contributed by atoms with Crippen molar-refractivity contribution in [3.8, 4) is 0 Å². The van der Waals surface area contributed by atoms with Crippen LogP contribution in [0.15, 0.2) is 0 Å². The summed E-state index contributed by atoms with van der Waals surface area (Å²) in [7, 11) is 0. The number of aliphatic hydroxyl groups is 3. The van der Waals surface area contributed by atoms with E-state index in [0.29, 0.717) is 0 Å². The van der Waals surface area contributed by atoms with Crippen LogP contribution in [-0.2, 0) is 11.2 Å². The Kier molecular flexibility index (Phi) is 6.05.